The number of amides is 1. The summed E-state index contributed by atoms with van der Waals surface area (Å²) >= 11 is 0. The van der Waals surface area contributed by atoms with Gasteiger partial charge in [0.05, 0.1) is 18.8 Å². The van der Waals surface area contributed by atoms with Crippen LogP contribution in [0.4, 0.5) is 4.79 Å². The molecule has 1 amide bonds. The Morgan fingerprint density at radius 1 is 1.39 bits per heavy atom. The molecule has 0 unspecified atom stereocenters. The first kappa shape index (κ1) is 12.9. The predicted octanol–water partition coefficient (Wildman–Crippen LogP) is 1.32. The number of aliphatic hydroxyl groups excluding tert-OH is 1. The zero-order valence-corrected chi connectivity index (χ0v) is 10.0. The van der Waals surface area contributed by atoms with E-state index in [4.69, 9.17) is 4.74 Å². The fraction of sp³-hybridized carbons (Fsp3) is 0.462. The molecule has 1 heterocycles. The van der Waals surface area contributed by atoms with E-state index < -0.39 is 18.2 Å². The molecule has 2 N–H and O–H groups in total. The Morgan fingerprint density at radius 3 is 2.72 bits per heavy atom. The molecule has 98 valence electrons. The van der Waals surface area contributed by atoms with E-state index in [2.05, 4.69) is 0 Å². The second-order valence-corrected chi connectivity index (χ2v) is 4.39. The first-order valence-corrected chi connectivity index (χ1v) is 5.98. The van der Waals surface area contributed by atoms with Gasteiger partial charge in [0.2, 0.25) is 0 Å². The minimum Gasteiger partial charge on any atom is -0.465 e. The summed E-state index contributed by atoms with van der Waals surface area (Å²) in [4.78, 5) is 12.6. The highest BCUT2D eigenvalue weighted by Gasteiger charge is 2.32. The second-order valence-electron chi connectivity index (χ2n) is 4.39. The lowest BCUT2D eigenvalue weighted by Gasteiger charge is -2.35. The predicted molar refractivity (Wildman–Crippen MR) is 65.2 cm³/mol. The van der Waals surface area contributed by atoms with Crippen LogP contribution in [0.15, 0.2) is 30.3 Å². The highest BCUT2D eigenvalue weighted by Crippen LogP contribution is 2.17. The summed E-state index contributed by atoms with van der Waals surface area (Å²) in [5, 5.41) is 19.1. The summed E-state index contributed by atoms with van der Waals surface area (Å²) < 4.78 is 5.26. The lowest BCUT2D eigenvalue weighted by atomic mass is 10.0. The number of ether oxygens (including phenoxy) is 1. The van der Waals surface area contributed by atoms with Crippen molar-refractivity contribution in [2.75, 3.05) is 13.2 Å². The zero-order chi connectivity index (χ0) is 13.0. The maximum Gasteiger partial charge on any atom is 0.408 e. The van der Waals surface area contributed by atoms with Gasteiger partial charge in [-0.15, -0.1) is 0 Å². The van der Waals surface area contributed by atoms with Crippen LogP contribution in [0.5, 0.6) is 0 Å². The highest BCUT2D eigenvalue weighted by atomic mass is 16.5. The van der Waals surface area contributed by atoms with Gasteiger partial charge in [0, 0.05) is 13.2 Å². The van der Waals surface area contributed by atoms with Crippen LogP contribution in [0.25, 0.3) is 0 Å². The van der Waals surface area contributed by atoms with Crippen molar-refractivity contribution in [1.82, 2.24) is 4.90 Å². The van der Waals surface area contributed by atoms with Gasteiger partial charge in [0.25, 0.3) is 0 Å². The Labute approximate surface area is 106 Å². The summed E-state index contributed by atoms with van der Waals surface area (Å²) in [5.74, 6) is 0. The van der Waals surface area contributed by atoms with Crippen LogP contribution >= 0.6 is 0 Å². The molecule has 5 nitrogen and oxygen atoms in total. The smallest absolute Gasteiger partial charge is 0.408 e. The molecule has 0 saturated carbocycles. The minimum atomic E-state index is -1.03. The van der Waals surface area contributed by atoms with E-state index in [9.17, 15) is 15.0 Å². The molecule has 0 spiro atoms. The van der Waals surface area contributed by atoms with Gasteiger partial charge in [-0.2, -0.15) is 0 Å². The Morgan fingerprint density at radius 2 is 2.11 bits per heavy atom. The quantitative estimate of drug-likeness (QED) is 0.850. The standard InChI is InChI=1S/C13H17NO4/c15-12-6-7-18-9-11(12)14(13(16)17)8-10-4-2-1-3-5-10/h1-5,11-12,15H,6-9H2,(H,16,17)/t11-,12-/m0/s1. The molecule has 1 aromatic carbocycles. The van der Waals surface area contributed by atoms with Gasteiger partial charge in [0.15, 0.2) is 0 Å². The van der Waals surface area contributed by atoms with Gasteiger partial charge in [-0.3, -0.25) is 4.90 Å². The Hall–Kier alpha value is -1.59. The van der Waals surface area contributed by atoms with Crippen molar-refractivity contribution < 1.29 is 19.7 Å². The van der Waals surface area contributed by atoms with Crippen molar-refractivity contribution in [2.45, 2.75) is 25.1 Å². The average molecular weight is 251 g/mol. The van der Waals surface area contributed by atoms with Crippen molar-refractivity contribution in [3.8, 4) is 0 Å². The van der Waals surface area contributed by atoms with Crippen molar-refractivity contribution in [3.63, 3.8) is 0 Å². The van der Waals surface area contributed by atoms with Crippen LogP contribution in [-0.2, 0) is 11.3 Å². The molecule has 1 aliphatic rings. The number of rotatable bonds is 3. The molecule has 0 aliphatic carbocycles. The summed E-state index contributed by atoms with van der Waals surface area (Å²) in [6.07, 6.45) is -1.21. The Bertz CT molecular complexity index is 395. The first-order chi connectivity index (χ1) is 8.68. The maximum absolute atomic E-state index is 11.3. The van der Waals surface area contributed by atoms with Crippen molar-refractivity contribution >= 4 is 6.09 Å². The Balaban J connectivity index is 2.10. The van der Waals surface area contributed by atoms with Crippen molar-refractivity contribution in [2.24, 2.45) is 0 Å². The van der Waals surface area contributed by atoms with Gasteiger partial charge in [-0.25, -0.2) is 4.79 Å². The third-order valence-corrected chi connectivity index (χ3v) is 3.13. The number of nitrogens with zero attached hydrogens (tertiary/aromatic N) is 1. The van der Waals surface area contributed by atoms with E-state index in [0.717, 1.165) is 5.56 Å². The van der Waals surface area contributed by atoms with Crippen molar-refractivity contribution in [3.05, 3.63) is 35.9 Å². The maximum atomic E-state index is 11.3. The van der Waals surface area contributed by atoms with Crippen LogP contribution in [0.2, 0.25) is 0 Å². The molecule has 2 atom stereocenters. The SMILES string of the molecule is O=C(O)N(Cc1ccccc1)[C@H]1COCC[C@@H]1O. The molecule has 0 radical (unpaired) electrons. The molecule has 1 aliphatic heterocycles. The zero-order valence-electron chi connectivity index (χ0n) is 10.0. The van der Waals surface area contributed by atoms with E-state index in [1.807, 2.05) is 30.3 Å². The molecule has 1 aromatic rings. The summed E-state index contributed by atoms with van der Waals surface area (Å²) in [7, 11) is 0. The van der Waals surface area contributed by atoms with E-state index in [0.29, 0.717) is 13.0 Å². The lowest BCUT2D eigenvalue weighted by molar-refractivity contribution is -0.0565. The summed E-state index contributed by atoms with van der Waals surface area (Å²) in [6, 6.07) is 8.86. The fourth-order valence-electron chi connectivity index (χ4n) is 2.12. The third kappa shape index (κ3) is 3.00. The molecule has 1 fully saturated rings. The van der Waals surface area contributed by atoms with Crippen molar-refractivity contribution in [1.29, 1.82) is 0 Å². The number of hydrogen-bond acceptors (Lipinski definition) is 3. The fourth-order valence-corrected chi connectivity index (χ4v) is 2.12. The summed E-state index contributed by atoms with van der Waals surface area (Å²) in [5.41, 5.74) is 0.901. The van der Waals surface area contributed by atoms with E-state index in [1.165, 1.54) is 4.90 Å². The van der Waals surface area contributed by atoms with Gasteiger partial charge in [-0.05, 0) is 12.0 Å². The first-order valence-electron chi connectivity index (χ1n) is 5.98. The third-order valence-electron chi connectivity index (χ3n) is 3.13. The van der Waals surface area contributed by atoms with Crippen LogP contribution < -0.4 is 0 Å². The molecular weight excluding hydrogens is 234 g/mol. The van der Waals surface area contributed by atoms with E-state index in [1.54, 1.807) is 0 Å². The second kappa shape index (κ2) is 5.84. The number of aliphatic hydroxyl groups is 1. The number of carbonyl (C=O) groups is 1. The van der Waals surface area contributed by atoms with Gasteiger partial charge in [0.1, 0.15) is 0 Å². The summed E-state index contributed by atoms with van der Waals surface area (Å²) in [6.45, 7) is 0.998. The number of benzene rings is 1. The van der Waals surface area contributed by atoms with Crippen LogP contribution in [0.3, 0.4) is 0 Å². The molecule has 5 heteroatoms. The van der Waals surface area contributed by atoms with Crippen LogP contribution in [0, 0.1) is 0 Å². The monoisotopic (exact) mass is 251 g/mol. The van der Waals surface area contributed by atoms with E-state index >= 15 is 0 Å². The molecule has 0 bridgehead atoms. The normalized spacial score (nSPS) is 23.6. The largest absolute Gasteiger partial charge is 0.465 e. The highest BCUT2D eigenvalue weighted by molar-refractivity contribution is 5.65. The molecule has 1 saturated heterocycles. The molecule has 0 aromatic heterocycles. The Kier molecular flexibility index (Phi) is 4.17. The molecule has 2 rings (SSSR count). The number of carboxylic acid groups (broad SMARTS) is 1. The topological polar surface area (TPSA) is 70.0 Å². The lowest BCUT2D eigenvalue weighted by Crippen LogP contribution is -2.51. The molecular formula is C13H17NO4. The van der Waals surface area contributed by atoms with Gasteiger partial charge >= 0.3 is 6.09 Å². The van der Waals surface area contributed by atoms with Gasteiger partial charge in [-0.1, -0.05) is 30.3 Å². The van der Waals surface area contributed by atoms with Crippen LogP contribution in [-0.4, -0.2) is 46.6 Å². The molecule has 18 heavy (non-hydrogen) atoms. The minimum absolute atomic E-state index is 0.250. The average Bonchev–Trinajstić information content (AvgIpc) is 2.38. The van der Waals surface area contributed by atoms with E-state index in [-0.39, 0.29) is 13.2 Å². The number of hydrogen-bond donors (Lipinski definition) is 2. The van der Waals surface area contributed by atoms with Gasteiger partial charge < -0.3 is 14.9 Å². The van der Waals surface area contributed by atoms with Crippen LogP contribution in [0.1, 0.15) is 12.0 Å².